The Balaban J connectivity index is 1.24. The van der Waals surface area contributed by atoms with Crippen molar-refractivity contribution in [2.75, 3.05) is 13.2 Å². The first-order valence-corrected chi connectivity index (χ1v) is 16.7. The van der Waals surface area contributed by atoms with E-state index in [0.29, 0.717) is 90.7 Å². The van der Waals surface area contributed by atoms with Gasteiger partial charge in [0.25, 0.3) is 0 Å². The van der Waals surface area contributed by atoms with Crippen LogP contribution in [0.25, 0.3) is 11.1 Å². The van der Waals surface area contributed by atoms with Gasteiger partial charge in [0.1, 0.15) is 43.5 Å². The molecule has 2 heterocycles. The standard InChI is InChI=1S/C38H36ClFN2O7/c1-22(43)26(38(44)45)6-3-2-5-25-16-31(39)35(17-34(25)48-21-24-15-23(18-41)19-42-20-24)49-32-11-9-28-27(7-4-8-29(28)32)30-10-12-33-37(36(30)40)47-14-13-46-33/h4,7-8,10,12,15-17,19-20,22,26,32,43H,2-3,5-6,9,11,13-14,21H2,1H3,(H,44,45)/t22-,26+,32+/m1/s1. The molecule has 11 heteroatoms. The quantitative estimate of drug-likeness (QED) is 0.136. The molecule has 3 atom stereocenters. The summed E-state index contributed by atoms with van der Waals surface area (Å²) in [6.07, 6.45) is 5.28. The van der Waals surface area contributed by atoms with Crippen molar-refractivity contribution in [3.05, 3.63) is 99.6 Å². The number of unbranched alkanes of at least 4 members (excludes halogenated alkanes) is 1. The lowest BCUT2D eigenvalue weighted by molar-refractivity contribution is -0.145. The number of carboxylic acids is 1. The molecule has 0 unspecified atom stereocenters. The van der Waals surface area contributed by atoms with Crippen LogP contribution in [0.1, 0.15) is 66.5 Å². The third-order valence-corrected chi connectivity index (χ3v) is 9.26. The highest BCUT2D eigenvalue weighted by atomic mass is 35.5. The summed E-state index contributed by atoms with van der Waals surface area (Å²) in [5.74, 6) is -0.808. The number of aryl methyl sites for hydroxylation is 1. The third-order valence-electron chi connectivity index (χ3n) is 8.97. The minimum atomic E-state index is -1.02. The number of ether oxygens (including phenoxy) is 4. The number of aliphatic carboxylic acids is 1. The molecular formula is C38H36ClFN2O7. The van der Waals surface area contributed by atoms with Crippen molar-refractivity contribution in [2.45, 2.75) is 64.3 Å². The summed E-state index contributed by atoms with van der Waals surface area (Å²) in [7, 11) is 0. The fourth-order valence-electron chi connectivity index (χ4n) is 6.47. The van der Waals surface area contributed by atoms with Crippen molar-refractivity contribution >= 4 is 17.6 Å². The van der Waals surface area contributed by atoms with Crippen LogP contribution < -0.4 is 18.9 Å². The van der Waals surface area contributed by atoms with E-state index in [0.717, 1.165) is 22.3 Å². The number of nitrogens with zero attached hydrogens (tertiary/aromatic N) is 2. The van der Waals surface area contributed by atoms with Crippen LogP contribution in [-0.2, 0) is 24.2 Å². The molecule has 4 aromatic rings. The van der Waals surface area contributed by atoms with Crippen LogP contribution in [0.5, 0.6) is 23.0 Å². The van der Waals surface area contributed by atoms with E-state index in [9.17, 15) is 20.3 Å². The van der Waals surface area contributed by atoms with Crippen molar-refractivity contribution in [3.8, 4) is 40.2 Å². The zero-order chi connectivity index (χ0) is 34.5. The van der Waals surface area contributed by atoms with Gasteiger partial charge in [-0.3, -0.25) is 9.78 Å². The SMILES string of the molecule is C[C@@H](O)[C@H](CCCCc1cc(Cl)c(O[C@H]2CCc3c(-c4ccc5c(c4F)OCCO5)cccc32)cc1OCc1cncc(C#N)c1)C(=O)O. The van der Waals surface area contributed by atoms with Gasteiger partial charge >= 0.3 is 5.97 Å². The Morgan fingerprint density at radius 1 is 1.12 bits per heavy atom. The number of carbonyl (C=O) groups is 1. The monoisotopic (exact) mass is 686 g/mol. The molecule has 2 aliphatic rings. The molecule has 49 heavy (non-hydrogen) atoms. The molecule has 254 valence electrons. The van der Waals surface area contributed by atoms with E-state index in [4.69, 9.17) is 30.5 Å². The highest BCUT2D eigenvalue weighted by molar-refractivity contribution is 6.32. The van der Waals surface area contributed by atoms with Gasteiger partial charge in [0, 0.05) is 29.6 Å². The Morgan fingerprint density at radius 3 is 2.76 bits per heavy atom. The van der Waals surface area contributed by atoms with E-state index >= 15 is 4.39 Å². The molecule has 0 fully saturated rings. The Morgan fingerprint density at radius 2 is 1.96 bits per heavy atom. The number of aliphatic hydroxyl groups is 1. The molecule has 0 spiro atoms. The van der Waals surface area contributed by atoms with Gasteiger partial charge in [0.05, 0.1) is 22.6 Å². The van der Waals surface area contributed by atoms with Crippen LogP contribution in [0, 0.1) is 23.1 Å². The fourth-order valence-corrected chi connectivity index (χ4v) is 6.70. The molecule has 0 amide bonds. The molecule has 6 rings (SSSR count). The second-order valence-corrected chi connectivity index (χ2v) is 12.7. The Bertz CT molecular complexity index is 1890. The molecule has 1 aromatic heterocycles. The predicted molar refractivity (Wildman–Crippen MR) is 180 cm³/mol. The average Bonchev–Trinajstić information content (AvgIpc) is 3.51. The van der Waals surface area contributed by atoms with E-state index < -0.39 is 23.8 Å². The number of benzene rings is 3. The summed E-state index contributed by atoms with van der Waals surface area (Å²) in [6, 6.07) is 16.6. The minimum Gasteiger partial charge on any atom is -0.488 e. The van der Waals surface area contributed by atoms with Crippen LogP contribution in [0.4, 0.5) is 4.39 Å². The normalized spacial score (nSPS) is 15.9. The molecule has 3 aromatic carbocycles. The number of hydrogen-bond acceptors (Lipinski definition) is 8. The second-order valence-electron chi connectivity index (χ2n) is 12.3. The van der Waals surface area contributed by atoms with E-state index in [-0.39, 0.29) is 18.5 Å². The van der Waals surface area contributed by atoms with Crippen LogP contribution in [0.3, 0.4) is 0 Å². The lowest BCUT2D eigenvalue weighted by Gasteiger charge is -2.21. The van der Waals surface area contributed by atoms with Gasteiger partial charge in [0.2, 0.25) is 0 Å². The Kier molecular flexibility index (Phi) is 10.5. The molecule has 0 bridgehead atoms. The number of fused-ring (bicyclic) bond motifs is 2. The molecule has 9 nitrogen and oxygen atoms in total. The zero-order valence-corrected chi connectivity index (χ0v) is 27.7. The van der Waals surface area contributed by atoms with Crippen molar-refractivity contribution in [1.82, 2.24) is 4.98 Å². The lowest BCUT2D eigenvalue weighted by Crippen LogP contribution is -2.25. The summed E-state index contributed by atoms with van der Waals surface area (Å²) in [5.41, 5.74) is 5.10. The van der Waals surface area contributed by atoms with Gasteiger partial charge in [-0.15, -0.1) is 0 Å². The molecule has 1 aliphatic heterocycles. The summed E-state index contributed by atoms with van der Waals surface area (Å²) >= 11 is 6.81. The van der Waals surface area contributed by atoms with E-state index in [1.165, 1.54) is 13.1 Å². The third kappa shape index (κ3) is 7.58. The van der Waals surface area contributed by atoms with Crippen molar-refractivity contribution < 1.29 is 38.3 Å². The molecule has 2 N–H and O–H groups in total. The van der Waals surface area contributed by atoms with Crippen LogP contribution in [0.15, 0.2) is 60.9 Å². The fraction of sp³-hybridized carbons (Fsp3) is 0.342. The van der Waals surface area contributed by atoms with Crippen LogP contribution >= 0.6 is 11.6 Å². The summed E-state index contributed by atoms with van der Waals surface area (Å²) in [5, 5.41) is 29.0. The number of aliphatic hydroxyl groups excluding tert-OH is 1. The van der Waals surface area contributed by atoms with Crippen LogP contribution in [0.2, 0.25) is 5.02 Å². The summed E-state index contributed by atoms with van der Waals surface area (Å²) < 4.78 is 39.6. The predicted octanol–water partition coefficient (Wildman–Crippen LogP) is 7.62. The van der Waals surface area contributed by atoms with Gasteiger partial charge in [0.15, 0.2) is 17.3 Å². The average molecular weight is 687 g/mol. The molecule has 1 aliphatic carbocycles. The number of carboxylic acid groups (broad SMARTS) is 1. The number of hydrogen-bond donors (Lipinski definition) is 2. The van der Waals surface area contributed by atoms with Gasteiger partial charge in [-0.05, 0) is 85.5 Å². The molecule has 0 radical (unpaired) electrons. The summed E-state index contributed by atoms with van der Waals surface area (Å²) in [4.78, 5) is 15.6. The molecule has 0 saturated heterocycles. The smallest absolute Gasteiger partial charge is 0.309 e. The van der Waals surface area contributed by atoms with Gasteiger partial charge in [-0.2, -0.15) is 5.26 Å². The van der Waals surface area contributed by atoms with Crippen LogP contribution in [-0.4, -0.2) is 40.5 Å². The first-order valence-electron chi connectivity index (χ1n) is 16.3. The highest BCUT2D eigenvalue weighted by Crippen LogP contribution is 2.45. The second kappa shape index (κ2) is 15.1. The Hall–Kier alpha value is -4.85. The number of rotatable bonds is 13. The highest BCUT2D eigenvalue weighted by Gasteiger charge is 2.30. The summed E-state index contributed by atoms with van der Waals surface area (Å²) in [6.45, 7) is 2.30. The first kappa shape index (κ1) is 34.0. The van der Waals surface area contributed by atoms with Crippen molar-refractivity contribution in [2.24, 2.45) is 5.92 Å². The maximum Gasteiger partial charge on any atom is 0.309 e. The van der Waals surface area contributed by atoms with Gasteiger partial charge in [-0.25, -0.2) is 4.39 Å². The number of pyridine rings is 1. The van der Waals surface area contributed by atoms with Gasteiger partial charge in [-0.1, -0.05) is 36.2 Å². The van der Waals surface area contributed by atoms with Crippen molar-refractivity contribution in [1.29, 1.82) is 5.26 Å². The molecular weight excluding hydrogens is 651 g/mol. The van der Waals surface area contributed by atoms with E-state index in [2.05, 4.69) is 11.1 Å². The minimum absolute atomic E-state index is 0.131. The zero-order valence-electron chi connectivity index (χ0n) is 27.0. The molecule has 0 saturated carbocycles. The lowest BCUT2D eigenvalue weighted by atomic mass is 9.95. The van der Waals surface area contributed by atoms with E-state index in [1.54, 1.807) is 36.5 Å². The maximum absolute atomic E-state index is 15.6. The largest absolute Gasteiger partial charge is 0.488 e. The maximum atomic E-state index is 15.6. The number of aromatic nitrogens is 1. The van der Waals surface area contributed by atoms with E-state index in [1.807, 2.05) is 18.2 Å². The Labute approximate surface area is 288 Å². The first-order chi connectivity index (χ1) is 23.7. The number of nitriles is 1. The van der Waals surface area contributed by atoms with Crippen molar-refractivity contribution in [3.63, 3.8) is 0 Å². The van der Waals surface area contributed by atoms with Gasteiger partial charge < -0.3 is 29.2 Å². The topological polar surface area (TPSA) is 131 Å². The number of halogens is 2.